The van der Waals surface area contributed by atoms with Crippen LogP contribution < -0.4 is 10.9 Å². The van der Waals surface area contributed by atoms with Gasteiger partial charge in [-0.1, -0.05) is 13.8 Å². The van der Waals surface area contributed by atoms with Gasteiger partial charge in [-0.25, -0.2) is 10.2 Å². The van der Waals surface area contributed by atoms with E-state index in [2.05, 4.69) is 10.9 Å². The molecule has 0 aromatic rings. The number of hydrogen-bond donors (Lipinski definition) is 2. The van der Waals surface area contributed by atoms with E-state index in [1.165, 1.54) is 4.90 Å². The second-order valence-electron chi connectivity index (χ2n) is 7.13. The lowest BCUT2D eigenvalue weighted by atomic mass is 10.0. The number of nitrogens with one attached hydrogen (secondary N) is 2. The molecule has 0 spiro atoms. The quantitative estimate of drug-likeness (QED) is 0.719. The summed E-state index contributed by atoms with van der Waals surface area (Å²) in [6.45, 7) is 6.89. The number of carbonyl (C=O) groups is 3. The second-order valence-corrected chi connectivity index (χ2v) is 7.13. The Balaban J connectivity index is 1.52. The van der Waals surface area contributed by atoms with Crippen LogP contribution in [-0.2, 0) is 14.3 Å². The fourth-order valence-corrected chi connectivity index (χ4v) is 3.90. The fraction of sp³-hybridized carbons (Fsp3) is 0.812. The zero-order valence-corrected chi connectivity index (χ0v) is 14.4. The molecule has 3 aliphatic rings. The number of rotatable bonds is 3. The Morgan fingerprint density at radius 1 is 1.17 bits per heavy atom. The van der Waals surface area contributed by atoms with Crippen LogP contribution >= 0.6 is 0 Å². The minimum atomic E-state index is -0.415. The largest absolute Gasteiger partial charge is 0.359 e. The highest BCUT2D eigenvalue weighted by Gasteiger charge is 2.46. The average Bonchev–Trinajstić information content (AvgIpc) is 3.25. The molecule has 0 aromatic carbocycles. The molecular formula is C16H26N4O4. The molecule has 0 aliphatic carbocycles. The maximum atomic E-state index is 12.3. The molecule has 8 heteroatoms. The molecule has 0 saturated carbocycles. The first kappa shape index (κ1) is 17.2. The normalized spacial score (nSPS) is 34.7. The summed E-state index contributed by atoms with van der Waals surface area (Å²) in [6.07, 6.45) is 2.16. The van der Waals surface area contributed by atoms with Gasteiger partial charge in [-0.3, -0.25) is 19.9 Å². The van der Waals surface area contributed by atoms with Crippen molar-refractivity contribution in [2.24, 2.45) is 5.92 Å². The van der Waals surface area contributed by atoms with E-state index < -0.39 is 6.03 Å². The van der Waals surface area contributed by atoms with Crippen LogP contribution in [0.15, 0.2) is 0 Å². The molecule has 3 saturated heterocycles. The summed E-state index contributed by atoms with van der Waals surface area (Å²) in [5.41, 5.74) is 4.97. The van der Waals surface area contributed by atoms with Crippen LogP contribution in [0.4, 0.5) is 4.79 Å². The number of hydrazine groups is 1. The Labute approximate surface area is 141 Å². The Hall–Kier alpha value is -1.67. The van der Waals surface area contributed by atoms with Gasteiger partial charge >= 0.3 is 6.03 Å². The molecule has 8 nitrogen and oxygen atoms in total. The molecule has 3 aliphatic heterocycles. The van der Waals surface area contributed by atoms with E-state index in [4.69, 9.17) is 4.74 Å². The van der Waals surface area contributed by atoms with Crippen molar-refractivity contribution in [2.75, 3.05) is 13.1 Å². The molecule has 24 heavy (non-hydrogen) atoms. The van der Waals surface area contributed by atoms with Crippen molar-refractivity contribution in [3.05, 3.63) is 0 Å². The van der Waals surface area contributed by atoms with E-state index in [1.807, 2.05) is 25.7 Å². The predicted molar refractivity (Wildman–Crippen MR) is 85.7 cm³/mol. The number of nitrogens with zero attached hydrogens (tertiary/aromatic N) is 2. The van der Waals surface area contributed by atoms with Crippen molar-refractivity contribution in [3.63, 3.8) is 0 Å². The molecule has 0 aromatic heterocycles. The summed E-state index contributed by atoms with van der Waals surface area (Å²) in [6, 6.07) is -1.07. The highest BCUT2D eigenvalue weighted by atomic mass is 16.5. The first-order chi connectivity index (χ1) is 11.4. The van der Waals surface area contributed by atoms with Crippen LogP contribution in [0.25, 0.3) is 0 Å². The molecule has 0 radical (unpaired) electrons. The number of hydrogen-bond acceptors (Lipinski definition) is 5. The molecule has 3 rings (SSSR count). The van der Waals surface area contributed by atoms with Gasteiger partial charge in [0.05, 0.1) is 18.2 Å². The molecule has 2 bridgehead atoms. The number of Topliss-reactive ketones (excluding diaryl/α,β-unsaturated/α-hetero) is 1. The Morgan fingerprint density at radius 3 is 2.54 bits per heavy atom. The standard InChI is InChI=1S/C16H26N4O4/c1-9(2)14(21)12-5-4-6-19(12)16(23)18-17-15(22)13-7-11-8-20(13)10(3)24-11/h9-13H,4-8H2,1-3H3,(H,17,22)(H,18,23). The predicted octanol–water partition coefficient (Wildman–Crippen LogP) is 0.236. The van der Waals surface area contributed by atoms with Crippen molar-refractivity contribution in [2.45, 2.75) is 64.4 Å². The second kappa shape index (κ2) is 6.68. The molecule has 3 fully saturated rings. The van der Waals surface area contributed by atoms with Crippen LogP contribution in [-0.4, -0.2) is 65.0 Å². The van der Waals surface area contributed by atoms with Crippen LogP contribution in [0.1, 0.15) is 40.0 Å². The van der Waals surface area contributed by atoms with Gasteiger partial charge in [-0.2, -0.15) is 0 Å². The number of ether oxygens (including phenoxy) is 1. The summed E-state index contributed by atoms with van der Waals surface area (Å²) >= 11 is 0. The van der Waals surface area contributed by atoms with Crippen LogP contribution in [0.2, 0.25) is 0 Å². The number of carbonyl (C=O) groups excluding carboxylic acids is 3. The van der Waals surface area contributed by atoms with Gasteiger partial charge in [0.2, 0.25) is 0 Å². The molecule has 2 N–H and O–H groups in total. The van der Waals surface area contributed by atoms with E-state index in [9.17, 15) is 14.4 Å². The third kappa shape index (κ3) is 3.12. The monoisotopic (exact) mass is 338 g/mol. The molecule has 3 amide bonds. The number of ketones is 1. The van der Waals surface area contributed by atoms with Gasteiger partial charge in [-0.05, 0) is 26.2 Å². The molecule has 5 unspecified atom stereocenters. The molecular weight excluding hydrogens is 312 g/mol. The SMILES string of the molecule is CC(C)C(=O)C1CCCN1C(=O)NNC(=O)C1CC2CN1C(C)O2. The zero-order valence-electron chi connectivity index (χ0n) is 14.4. The summed E-state index contributed by atoms with van der Waals surface area (Å²) in [5, 5.41) is 0. The van der Waals surface area contributed by atoms with E-state index in [1.54, 1.807) is 0 Å². The highest BCUT2D eigenvalue weighted by molar-refractivity contribution is 5.91. The zero-order chi connectivity index (χ0) is 17.4. The Kier molecular flexibility index (Phi) is 4.78. The van der Waals surface area contributed by atoms with Gasteiger partial charge < -0.3 is 9.64 Å². The number of urea groups is 1. The molecule has 134 valence electrons. The topological polar surface area (TPSA) is 91.0 Å². The lowest BCUT2D eigenvalue weighted by molar-refractivity contribution is -0.133. The number of likely N-dealkylation sites (tertiary alicyclic amines) is 1. The fourth-order valence-electron chi connectivity index (χ4n) is 3.90. The third-order valence-electron chi connectivity index (χ3n) is 5.16. The van der Waals surface area contributed by atoms with Crippen molar-refractivity contribution in [1.29, 1.82) is 0 Å². The van der Waals surface area contributed by atoms with Crippen LogP contribution in [0.5, 0.6) is 0 Å². The van der Waals surface area contributed by atoms with E-state index in [-0.39, 0.29) is 42.0 Å². The summed E-state index contributed by atoms with van der Waals surface area (Å²) in [4.78, 5) is 40.4. The van der Waals surface area contributed by atoms with Gasteiger partial charge in [0, 0.05) is 19.0 Å². The van der Waals surface area contributed by atoms with Crippen LogP contribution in [0, 0.1) is 5.92 Å². The summed E-state index contributed by atoms with van der Waals surface area (Å²) < 4.78 is 5.62. The molecule has 5 atom stereocenters. The lowest BCUT2D eigenvalue weighted by Gasteiger charge is -2.29. The van der Waals surface area contributed by atoms with Crippen molar-refractivity contribution < 1.29 is 19.1 Å². The molecule has 3 heterocycles. The van der Waals surface area contributed by atoms with Crippen LogP contribution in [0.3, 0.4) is 0 Å². The van der Waals surface area contributed by atoms with Crippen molar-refractivity contribution in [3.8, 4) is 0 Å². The highest BCUT2D eigenvalue weighted by Crippen LogP contribution is 2.31. The van der Waals surface area contributed by atoms with Gasteiger partial charge in [0.15, 0.2) is 5.78 Å². The maximum Gasteiger partial charge on any atom is 0.336 e. The third-order valence-corrected chi connectivity index (χ3v) is 5.16. The minimum Gasteiger partial charge on any atom is -0.359 e. The summed E-state index contributed by atoms with van der Waals surface area (Å²) in [5.74, 6) is -0.271. The van der Waals surface area contributed by atoms with Crippen molar-refractivity contribution >= 4 is 17.7 Å². The van der Waals surface area contributed by atoms with Gasteiger partial charge in [0.1, 0.15) is 6.23 Å². The van der Waals surface area contributed by atoms with E-state index in [0.29, 0.717) is 19.4 Å². The average molecular weight is 338 g/mol. The minimum absolute atomic E-state index is 0.0678. The smallest absolute Gasteiger partial charge is 0.336 e. The number of fused-ring (bicyclic) bond motifs is 2. The van der Waals surface area contributed by atoms with E-state index in [0.717, 1.165) is 13.0 Å². The van der Waals surface area contributed by atoms with E-state index >= 15 is 0 Å². The maximum absolute atomic E-state index is 12.3. The first-order valence-corrected chi connectivity index (χ1v) is 8.70. The number of amides is 3. The Morgan fingerprint density at radius 2 is 1.92 bits per heavy atom. The van der Waals surface area contributed by atoms with Crippen molar-refractivity contribution in [1.82, 2.24) is 20.7 Å². The lowest BCUT2D eigenvalue weighted by Crippen LogP contribution is -2.56. The summed E-state index contributed by atoms with van der Waals surface area (Å²) in [7, 11) is 0. The Bertz CT molecular complexity index is 538. The van der Waals surface area contributed by atoms with Gasteiger partial charge in [0.25, 0.3) is 5.91 Å². The van der Waals surface area contributed by atoms with Gasteiger partial charge in [-0.15, -0.1) is 0 Å². The first-order valence-electron chi connectivity index (χ1n) is 8.70.